The van der Waals surface area contributed by atoms with Gasteiger partial charge in [-0.2, -0.15) is 0 Å². The van der Waals surface area contributed by atoms with Crippen molar-refractivity contribution >= 4 is 0 Å². The van der Waals surface area contributed by atoms with Gasteiger partial charge in [0.1, 0.15) is 0 Å². The lowest BCUT2D eigenvalue weighted by molar-refractivity contribution is -0.238. The van der Waals surface area contributed by atoms with Gasteiger partial charge in [0.2, 0.25) is 0 Å². The Kier molecular flexibility index (Phi) is 4.87. The van der Waals surface area contributed by atoms with E-state index in [1.165, 1.54) is 70.6 Å². The van der Waals surface area contributed by atoms with E-state index in [-0.39, 0.29) is 5.41 Å². The average Bonchev–Trinajstić information content (AvgIpc) is 3.10. The molecule has 0 bridgehead atoms. The maximum absolute atomic E-state index is 6.70. The zero-order valence-electron chi connectivity index (χ0n) is 20.9. The second-order valence-electron chi connectivity index (χ2n) is 13.9. The molecule has 5 aliphatic rings. The quantitative estimate of drug-likeness (QED) is 0.537. The highest BCUT2D eigenvalue weighted by molar-refractivity contribution is 5.18. The van der Waals surface area contributed by atoms with Gasteiger partial charge in [0.15, 0.2) is 0 Å². The molecule has 2 N–H and O–H groups in total. The van der Waals surface area contributed by atoms with E-state index in [9.17, 15) is 0 Å². The van der Waals surface area contributed by atoms with Crippen molar-refractivity contribution in [3.05, 3.63) is 0 Å². The largest absolute Gasteiger partial charge is 0.384 e. The van der Waals surface area contributed by atoms with E-state index in [0.717, 1.165) is 30.3 Å². The SMILES string of the molecule is COCC12CCCC1C1CCC3C4(C)CCC(N)C(C)(C)C4CCC3(C)[C@]1(C)CC2. The zero-order valence-corrected chi connectivity index (χ0v) is 20.9. The molecule has 172 valence electrons. The maximum Gasteiger partial charge on any atom is 0.0521 e. The molecular formula is C28H49NO. The van der Waals surface area contributed by atoms with Crippen LogP contribution in [0, 0.1) is 50.7 Å². The van der Waals surface area contributed by atoms with Gasteiger partial charge in [-0.3, -0.25) is 0 Å². The molecule has 0 saturated heterocycles. The van der Waals surface area contributed by atoms with Gasteiger partial charge in [-0.05, 0) is 115 Å². The minimum atomic E-state index is 0.289. The molecule has 0 radical (unpaired) electrons. The Morgan fingerprint density at radius 3 is 2.23 bits per heavy atom. The van der Waals surface area contributed by atoms with Gasteiger partial charge in [0, 0.05) is 13.2 Å². The fourth-order valence-corrected chi connectivity index (χ4v) is 11.3. The van der Waals surface area contributed by atoms with Crippen LogP contribution in [-0.2, 0) is 4.74 Å². The van der Waals surface area contributed by atoms with E-state index in [4.69, 9.17) is 10.5 Å². The van der Waals surface area contributed by atoms with Crippen LogP contribution in [0.5, 0.6) is 0 Å². The van der Waals surface area contributed by atoms with Gasteiger partial charge in [0.25, 0.3) is 0 Å². The molecule has 0 amide bonds. The molecule has 5 aliphatic carbocycles. The molecule has 0 aromatic rings. The number of hydrogen-bond acceptors (Lipinski definition) is 2. The highest BCUT2D eigenvalue weighted by Gasteiger charge is 2.69. The van der Waals surface area contributed by atoms with Crippen LogP contribution in [0.25, 0.3) is 0 Å². The minimum absolute atomic E-state index is 0.289. The second-order valence-corrected chi connectivity index (χ2v) is 13.9. The molecule has 2 nitrogen and oxygen atoms in total. The van der Waals surface area contributed by atoms with E-state index in [1.54, 1.807) is 0 Å². The van der Waals surface area contributed by atoms with Gasteiger partial charge in [-0.25, -0.2) is 0 Å². The molecule has 8 unspecified atom stereocenters. The molecule has 5 saturated carbocycles. The Morgan fingerprint density at radius 2 is 1.50 bits per heavy atom. The molecule has 0 aliphatic heterocycles. The highest BCUT2D eigenvalue weighted by atomic mass is 16.5. The van der Waals surface area contributed by atoms with Gasteiger partial charge >= 0.3 is 0 Å². The summed E-state index contributed by atoms with van der Waals surface area (Å²) in [5.41, 5.74) is 8.99. The van der Waals surface area contributed by atoms with Crippen LogP contribution in [0.2, 0.25) is 0 Å². The van der Waals surface area contributed by atoms with E-state index in [0.29, 0.717) is 27.7 Å². The van der Waals surface area contributed by atoms with Crippen molar-refractivity contribution in [1.29, 1.82) is 0 Å². The standard InChI is InChI=1S/C28H49NO/c1-24(2)21-11-15-27(5)22(25(21,3)14-12-23(24)29)10-9-19-20-8-7-13-28(20,18-30-6)17-16-26(19,27)4/h19-23H,7-18,29H2,1-6H3/t19?,20?,21?,22?,23?,25?,26-,27?,28?/m1/s1. The number of hydrogen-bond donors (Lipinski definition) is 1. The van der Waals surface area contributed by atoms with Crippen LogP contribution in [0.4, 0.5) is 0 Å². The summed E-state index contributed by atoms with van der Waals surface area (Å²) in [4.78, 5) is 0. The molecule has 5 rings (SSSR count). The highest BCUT2D eigenvalue weighted by Crippen LogP contribution is 2.76. The third kappa shape index (κ3) is 2.50. The Morgan fingerprint density at radius 1 is 0.733 bits per heavy atom. The van der Waals surface area contributed by atoms with Crippen LogP contribution in [0.1, 0.15) is 105 Å². The van der Waals surface area contributed by atoms with Crippen LogP contribution in [0.3, 0.4) is 0 Å². The first-order valence-corrected chi connectivity index (χ1v) is 13.3. The normalized spacial score (nSPS) is 57.1. The topological polar surface area (TPSA) is 35.2 Å². The Bertz CT molecular complexity index is 688. The summed E-state index contributed by atoms with van der Waals surface area (Å²) in [6, 6.07) is 0.384. The number of rotatable bonds is 2. The molecule has 5 fully saturated rings. The molecule has 0 aromatic heterocycles. The molecule has 0 aromatic carbocycles. The lowest BCUT2D eigenvalue weighted by Crippen LogP contribution is -2.67. The van der Waals surface area contributed by atoms with E-state index in [2.05, 4.69) is 34.6 Å². The van der Waals surface area contributed by atoms with Crippen LogP contribution < -0.4 is 5.73 Å². The summed E-state index contributed by atoms with van der Waals surface area (Å²) in [5, 5.41) is 0. The number of methoxy groups -OCH3 is 1. The molecule has 0 heterocycles. The van der Waals surface area contributed by atoms with Gasteiger partial charge < -0.3 is 10.5 Å². The van der Waals surface area contributed by atoms with Crippen molar-refractivity contribution in [3.8, 4) is 0 Å². The van der Waals surface area contributed by atoms with E-state index in [1.807, 2.05) is 7.11 Å². The van der Waals surface area contributed by atoms with Crippen molar-refractivity contribution in [1.82, 2.24) is 0 Å². The lowest BCUT2D eigenvalue weighted by atomic mass is 9.32. The van der Waals surface area contributed by atoms with Crippen LogP contribution in [0.15, 0.2) is 0 Å². The summed E-state index contributed by atoms with van der Waals surface area (Å²) in [6.45, 7) is 14.2. The molecular weight excluding hydrogens is 366 g/mol. The number of fused-ring (bicyclic) bond motifs is 7. The van der Waals surface area contributed by atoms with Crippen LogP contribution >= 0.6 is 0 Å². The molecule has 30 heavy (non-hydrogen) atoms. The van der Waals surface area contributed by atoms with Crippen molar-refractivity contribution in [2.24, 2.45) is 56.5 Å². The van der Waals surface area contributed by atoms with E-state index < -0.39 is 0 Å². The summed E-state index contributed by atoms with van der Waals surface area (Å²) in [7, 11) is 1.94. The average molecular weight is 416 g/mol. The third-order valence-electron chi connectivity index (χ3n) is 13.1. The predicted molar refractivity (Wildman–Crippen MR) is 125 cm³/mol. The van der Waals surface area contributed by atoms with Crippen molar-refractivity contribution in [3.63, 3.8) is 0 Å². The Balaban J connectivity index is 1.51. The van der Waals surface area contributed by atoms with Gasteiger partial charge in [-0.15, -0.1) is 0 Å². The molecule has 2 heteroatoms. The first kappa shape index (κ1) is 21.7. The Labute approximate surface area is 186 Å². The van der Waals surface area contributed by atoms with E-state index >= 15 is 0 Å². The molecule has 9 atom stereocenters. The Hall–Kier alpha value is -0.0800. The fourth-order valence-electron chi connectivity index (χ4n) is 11.3. The van der Waals surface area contributed by atoms with Crippen molar-refractivity contribution < 1.29 is 4.74 Å². The zero-order chi connectivity index (χ0) is 21.6. The predicted octanol–water partition coefficient (Wildman–Crippen LogP) is 6.82. The number of ether oxygens (including phenoxy) is 1. The number of nitrogens with two attached hydrogens (primary N) is 1. The van der Waals surface area contributed by atoms with Crippen molar-refractivity contribution in [2.75, 3.05) is 13.7 Å². The fraction of sp³-hybridized carbons (Fsp3) is 1.00. The van der Waals surface area contributed by atoms with Gasteiger partial charge in [0.05, 0.1) is 6.61 Å². The van der Waals surface area contributed by atoms with Crippen molar-refractivity contribution in [2.45, 2.75) is 111 Å². The first-order valence-electron chi connectivity index (χ1n) is 13.3. The minimum Gasteiger partial charge on any atom is -0.384 e. The summed E-state index contributed by atoms with van der Waals surface area (Å²) >= 11 is 0. The summed E-state index contributed by atoms with van der Waals surface area (Å²) in [5.74, 6) is 3.52. The smallest absolute Gasteiger partial charge is 0.0521 e. The summed E-state index contributed by atoms with van der Waals surface area (Å²) in [6.07, 6.45) is 15.5. The molecule has 0 spiro atoms. The third-order valence-corrected chi connectivity index (χ3v) is 13.1. The monoisotopic (exact) mass is 415 g/mol. The van der Waals surface area contributed by atoms with Crippen LogP contribution in [-0.4, -0.2) is 19.8 Å². The van der Waals surface area contributed by atoms with Gasteiger partial charge in [-0.1, -0.05) is 41.0 Å². The first-order chi connectivity index (χ1) is 14.1. The second kappa shape index (κ2) is 6.72. The maximum atomic E-state index is 6.70. The summed E-state index contributed by atoms with van der Waals surface area (Å²) < 4.78 is 5.84. The lowest BCUT2D eigenvalue weighted by Gasteiger charge is -2.72.